The molecule has 0 radical (unpaired) electrons. The molecule has 0 saturated carbocycles. The summed E-state index contributed by atoms with van der Waals surface area (Å²) in [4.78, 5) is 36.1. The molecule has 0 saturated heterocycles. The highest BCUT2D eigenvalue weighted by atomic mass is 32.2. The summed E-state index contributed by atoms with van der Waals surface area (Å²) in [5, 5.41) is 5.60. The van der Waals surface area contributed by atoms with Crippen LogP contribution in [0.3, 0.4) is 0 Å². The number of nitrogens with zero attached hydrogens (tertiary/aromatic N) is 2. The van der Waals surface area contributed by atoms with E-state index in [1.54, 1.807) is 30.3 Å². The zero-order valence-electron chi connectivity index (χ0n) is 38.5. The number of amides is 3. The third kappa shape index (κ3) is 14.6. The van der Waals surface area contributed by atoms with E-state index in [1.165, 1.54) is 42.2 Å². The van der Waals surface area contributed by atoms with Gasteiger partial charge >= 0.3 is 6.09 Å². The molecule has 4 heterocycles. The molecular weight excluding hydrogens is 905 g/mol. The maximum absolute atomic E-state index is 12.4. The molecule has 4 aliphatic rings. The van der Waals surface area contributed by atoms with E-state index in [2.05, 4.69) is 34.9 Å². The molecule has 0 atom stereocenters. The summed E-state index contributed by atoms with van der Waals surface area (Å²) in [5.41, 5.74) is 4.10. The Bertz CT molecular complexity index is 2510. The molecule has 14 nitrogen and oxygen atoms in total. The monoisotopic (exact) mass is 970 g/mol. The van der Waals surface area contributed by atoms with E-state index in [9.17, 15) is 31.2 Å². The van der Waals surface area contributed by atoms with Gasteiger partial charge in [0.1, 0.15) is 27.9 Å². The molecule has 68 heavy (non-hydrogen) atoms. The number of ether oxygens (including phenoxy) is 3. The predicted octanol–water partition coefficient (Wildman–Crippen LogP) is 9.05. The number of hydrogen-bond donors (Lipinski definition) is 2. The Balaban J connectivity index is 0.000000210. The Morgan fingerprint density at radius 2 is 1.01 bits per heavy atom. The Labute approximate surface area is 403 Å². The molecule has 9 rings (SSSR count). The van der Waals surface area contributed by atoms with Gasteiger partial charge in [-0.15, -0.1) is 0 Å². The van der Waals surface area contributed by atoms with Crippen LogP contribution in [0.2, 0.25) is 0 Å². The fraction of sp³-hybridized carbons (Fsp3) is 0.365. The van der Waals surface area contributed by atoms with Crippen LogP contribution in [-0.2, 0) is 44.2 Å². The van der Waals surface area contributed by atoms with Gasteiger partial charge in [0, 0.05) is 19.6 Å². The van der Waals surface area contributed by atoms with E-state index in [4.69, 9.17) is 14.2 Å². The van der Waals surface area contributed by atoms with Crippen molar-refractivity contribution in [2.75, 3.05) is 46.4 Å². The first-order chi connectivity index (χ1) is 32.5. The molecule has 0 unspecified atom stereocenters. The van der Waals surface area contributed by atoms with Crippen molar-refractivity contribution in [3.05, 3.63) is 155 Å². The van der Waals surface area contributed by atoms with Gasteiger partial charge < -0.3 is 24.8 Å². The number of rotatable bonds is 12. The van der Waals surface area contributed by atoms with Crippen LogP contribution < -0.4 is 20.1 Å². The normalized spacial score (nSPS) is 15.0. The zero-order valence-corrected chi connectivity index (χ0v) is 40.2. The number of fused-ring (bicyclic) bond motifs is 4. The van der Waals surface area contributed by atoms with Crippen LogP contribution in [0.4, 0.5) is 4.79 Å². The van der Waals surface area contributed by atoms with Crippen LogP contribution >= 0.6 is 0 Å². The summed E-state index contributed by atoms with van der Waals surface area (Å²) < 4.78 is 66.9. The fourth-order valence-electron chi connectivity index (χ4n) is 7.40. The maximum atomic E-state index is 12.4. The van der Waals surface area contributed by atoms with Crippen molar-refractivity contribution >= 4 is 38.0 Å². The Hall–Kier alpha value is -6.23. The van der Waals surface area contributed by atoms with Crippen LogP contribution in [0.5, 0.6) is 11.5 Å². The molecule has 0 spiro atoms. The van der Waals surface area contributed by atoms with Gasteiger partial charge in [0.15, 0.2) is 0 Å². The number of hydrogen-bond acceptors (Lipinski definition) is 11. The summed E-state index contributed by atoms with van der Waals surface area (Å²) in [6.45, 7) is 7.44. The molecule has 0 aromatic heterocycles. The standard InChI is InChI=1S/C19H20N2O5S.C12H16N2O3S.2C9H10O.C2H6.CH4/c22-18-16-10-4-5-11-17(16)27(24,25)21(18)13-7-6-12-20-19(23)26-14-15-8-2-1-3-9-15;1-13-8-4-5-9-14-12(15)10-6-2-3-7-11(10)18(14,16)17;2*1-2-6-9-8(4-1)5-3-7-10-9;1-2;/h1-5,8-11H,6-7,12-14H2,(H,20,23);2-3,6-7,13H,4-5,8-9H2,1H3;2*1-2,4,6H,3,5,7H2;1-2H3;1H4. The number of alkyl carbamates (subject to hydrolysis) is 1. The molecule has 5 aromatic carbocycles. The molecule has 2 N–H and O–H groups in total. The van der Waals surface area contributed by atoms with Gasteiger partial charge in [-0.25, -0.2) is 30.2 Å². The highest BCUT2D eigenvalue weighted by Crippen LogP contribution is 2.31. The summed E-state index contributed by atoms with van der Waals surface area (Å²) in [6, 6.07) is 38.4. The second-order valence-electron chi connectivity index (χ2n) is 15.4. The smallest absolute Gasteiger partial charge is 0.407 e. The number of carbonyl (C=O) groups is 3. The number of sulfonamides is 2. The van der Waals surface area contributed by atoms with Crippen molar-refractivity contribution in [2.45, 2.75) is 89.0 Å². The van der Waals surface area contributed by atoms with Crippen LogP contribution in [0, 0.1) is 0 Å². The van der Waals surface area contributed by atoms with Crippen molar-refractivity contribution in [2.24, 2.45) is 0 Å². The first-order valence-corrected chi connectivity index (χ1v) is 25.7. The average molecular weight is 971 g/mol. The number of benzene rings is 5. The second kappa shape index (κ2) is 27.6. The number of unbranched alkanes of at least 4 members (excludes halogenated alkanes) is 2. The average Bonchev–Trinajstić information content (AvgIpc) is 3.69. The van der Waals surface area contributed by atoms with Gasteiger partial charge in [-0.1, -0.05) is 112 Å². The van der Waals surface area contributed by atoms with Crippen LogP contribution in [-0.4, -0.2) is 89.8 Å². The Kier molecular flexibility index (Phi) is 22.0. The van der Waals surface area contributed by atoms with Gasteiger partial charge in [0.25, 0.3) is 31.9 Å². The van der Waals surface area contributed by atoms with E-state index < -0.39 is 38.0 Å². The Morgan fingerprint density at radius 3 is 1.47 bits per heavy atom. The van der Waals surface area contributed by atoms with Crippen LogP contribution in [0.25, 0.3) is 0 Å². The first kappa shape index (κ1) is 54.4. The van der Waals surface area contributed by atoms with E-state index in [1.807, 2.05) is 75.5 Å². The molecule has 5 aromatic rings. The van der Waals surface area contributed by atoms with Gasteiger partial charge in [-0.3, -0.25) is 9.59 Å². The van der Waals surface area contributed by atoms with E-state index in [0.717, 1.165) is 64.7 Å². The largest absolute Gasteiger partial charge is 0.493 e. The van der Waals surface area contributed by atoms with Crippen molar-refractivity contribution in [1.82, 2.24) is 19.2 Å². The van der Waals surface area contributed by atoms with E-state index in [-0.39, 0.29) is 48.0 Å². The quantitative estimate of drug-likeness (QED) is 0.114. The number of nitrogens with one attached hydrogen (secondary N) is 2. The minimum atomic E-state index is -3.77. The van der Waals surface area contributed by atoms with E-state index in [0.29, 0.717) is 25.8 Å². The lowest BCUT2D eigenvalue weighted by Crippen LogP contribution is -2.32. The van der Waals surface area contributed by atoms with Crippen molar-refractivity contribution < 1.29 is 45.4 Å². The van der Waals surface area contributed by atoms with Crippen LogP contribution in [0.15, 0.2) is 137 Å². The number of carbonyl (C=O) groups excluding carboxylic acids is 3. The highest BCUT2D eigenvalue weighted by Gasteiger charge is 2.41. The molecule has 4 aliphatic heterocycles. The summed E-state index contributed by atoms with van der Waals surface area (Å²) in [5.74, 6) is 1.25. The SMILES string of the molecule is C.CC.CNCCCCN1C(=O)c2ccccc2S1(=O)=O.O=C(NCCCCN1C(=O)c2ccccc2S1(=O)=O)OCc1ccccc1.c1ccc2c(c1)CCCO2.c1ccc2c(c1)CCCO2. The molecule has 0 aliphatic carbocycles. The zero-order chi connectivity index (χ0) is 48.1. The van der Waals surface area contributed by atoms with Gasteiger partial charge in [0.2, 0.25) is 0 Å². The van der Waals surface area contributed by atoms with Crippen molar-refractivity contribution in [1.29, 1.82) is 0 Å². The molecule has 366 valence electrons. The maximum Gasteiger partial charge on any atom is 0.407 e. The third-order valence-corrected chi connectivity index (χ3v) is 14.5. The molecular formula is C52H66N4O10S2. The van der Waals surface area contributed by atoms with Crippen molar-refractivity contribution in [3.63, 3.8) is 0 Å². The summed E-state index contributed by atoms with van der Waals surface area (Å²) in [7, 11) is -5.55. The van der Waals surface area contributed by atoms with Gasteiger partial charge in [-0.2, -0.15) is 0 Å². The molecule has 0 bridgehead atoms. The van der Waals surface area contributed by atoms with Gasteiger partial charge in [-0.05, 0) is 118 Å². The number of aryl methyl sites for hydroxylation is 2. The molecule has 16 heteroatoms. The first-order valence-electron chi connectivity index (χ1n) is 22.8. The summed E-state index contributed by atoms with van der Waals surface area (Å²) >= 11 is 0. The topological polar surface area (TPSA) is 178 Å². The minimum Gasteiger partial charge on any atom is -0.493 e. The highest BCUT2D eigenvalue weighted by molar-refractivity contribution is 7.90. The second-order valence-corrected chi connectivity index (χ2v) is 19.0. The third-order valence-electron chi connectivity index (χ3n) is 10.8. The Morgan fingerprint density at radius 1 is 0.588 bits per heavy atom. The number of para-hydroxylation sites is 2. The lowest BCUT2D eigenvalue weighted by Gasteiger charge is -2.15. The molecule has 0 fully saturated rings. The predicted molar refractivity (Wildman–Crippen MR) is 265 cm³/mol. The van der Waals surface area contributed by atoms with Gasteiger partial charge in [0.05, 0.1) is 24.3 Å². The molecule has 3 amide bonds. The van der Waals surface area contributed by atoms with E-state index >= 15 is 0 Å². The summed E-state index contributed by atoms with van der Waals surface area (Å²) in [6.07, 6.45) is 6.62. The lowest BCUT2D eigenvalue weighted by molar-refractivity contribution is 0.0860. The van der Waals surface area contributed by atoms with Crippen molar-refractivity contribution in [3.8, 4) is 11.5 Å². The minimum absolute atomic E-state index is 0. The fourth-order valence-corrected chi connectivity index (χ4v) is 10.6. The van der Waals surface area contributed by atoms with Crippen LogP contribution in [0.1, 0.15) is 97.2 Å². The lowest BCUT2D eigenvalue weighted by atomic mass is 10.1.